The maximum atomic E-state index is 6.02. The summed E-state index contributed by atoms with van der Waals surface area (Å²) in [5.41, 5.74) is 10.4. The minimum absolute atomic E-state index is 0. The topological polar surface area (TPSA) is 68.9 Å². The van der Waals surface area contributed by atoms with E-state index in [9.17, 15) is 0 Å². The number of rotatable bonds is 5. The molecule has 6 heteroatoms. The molecule has 1 unspecified atom stereocenters. The molecule has 26 heavy (non-hydrogen) atoms. The molecule has 2 aromatic rings. The van der Waals surface area contributed by atoms with Gasteiger partial charge in [-0.2, -0.15) is 0 Å². The summed E-state index contributed by atoms with van der Waals surface area (Å²) in [7, 11) is 1.67. The Morgan fingerprint density at radius 2 is 2.04 bits per heavy atom. The Morgan fingerprint density at radius 1 is 1.31 bits per heavy atom. The zero-order valence-corrected chi connectivity index (χ0v) is 17.7. The number of guanidine groups is 1. The molecule has 3 rings (SSSR count). The fourth-order valence-electron chi connectivity index (χ4n) is 2.98. The van der Waals surface area contributed by atoms with Crippen molar-refractivity contribution in [1.29, 1.82) is 0 Å². The SMILES string of the molecule is CCc1ccc(NC(N)=NCc2cc3c(cc2OC)CC(C)O3)cc1.I. The van der Waals surface area contributed by atoms with E-state index in [1.54, 1.807) is 7.11 Å². The minimum Gasteiger partial charge on any atom is -0.496 e. The van der Waals surface area contributed by atoms with Crippen molar-refractivity contribution in [2.75, 3.05) is 12.4 Å². The van der Waals surface area contributed by atoms with Crippen LogP contribution in [-0.2, 0) is 19.4 Å². The van der Waals surface area contributed by atoms with Crippen LogP contribution >= 0.6 is 24.0 Å². The van der Waals surface area contributed by atoms with Crippen LogP contribution in [0.15, 0.2) is 41.4 Å². The summed E-state index contributed by atoms with van der Waals surface area (Å²) < 4.78 is 11.3. The lowest BCUT2D eigenvalue weighted by molar-refractivity contribution is 0.254. The normalized spacial score (nSPS) is 15.7. The van der Waals surface area contributed by atoms with Gasteiger partial charge in [0.1, 0.15) is 17.6 Å². The second-order valence-electron chi connectivity index (χ2n) is 6.28. The molecule has 1 aliphatic rings. The number of ether oxygens (including phenoxy) is 2. The lowest BCUT2D eigenvalue weighted by Gasteiger charge is -2.10. The van der Waals surface area contributed by atoms with E-state index in [2.05, 4.69) is 36.3 Å². The molecule has 3 N–H and O–H groups in total. The van der Waals surface area contributed by atoms with E-state index in [1.807, 2.05) is 24.3 Å². The van der Waals surface area contributed by atoms with Crippen molar-refractivity contribution in [3.8, 4) is 11.5 Å². The first-order valence-corrected chi connectivity index (χ1v) is 8.61. The number of halogens is 1. The minimum atomic E-state index is 0. The van der Waals surface area contributed by atoms with E-state index in [0.29, 0.717) is 12.5 Å². The van der Waals surface area contributed by atoms with E-state index >= 15 is 0 Å². The van der Waals surface area contributed by atoms with E-state index < -0.39 is 0 Å². The lowest BCUT2D eigenvalue weighted by atomic mass is 10.1. The van der Waals surface area contributed by atoms with Crippen LogP contribution in [0.1, 0.15) is 30.5 Å². The molecule has 0 bridgehead atoms. The number of fused-ring (bicyclic) bond motifs is 1. The number of nitrogens with zero attached hydrogens (tertiary/aromatic N) is 1. The fraction of sp³-hybridized carbons (Fsp3) is 0.350. The monoisotopic (exact) mass is 467 g/mol. The van der Waals surface area contributed by atoms with Crippen molar-refractivity contribution in [1.82, 2.24) is 0 Å². The van der Waals surface area contributed by atoms with Gasteiger partial charge < -0.3 is 20.5 Å². The summed E-state index contributed by atoms with van der Waals surface area (Å²) in [6.07, 6.45) is 2.13. The van der Waals surface area contributed by atoms with Gasteiger partial charge in [0.15, 0.2) is 5.96 Å². The van der Waals surface area contributed by atoms with Crippen LogP contribution in [-0.4, -0.2) is 19.2 Å². The zero-order chi connectivity index (χ0) is 17.8. The molecule has 0 amide bonds. The van der Waals surface area contributed by atoms with Crippen LogP contribution in [0.2, 0.25) is 0 Å². The molecule has 0 aromatic heterocycles. The predicted octanol–water partition coefficient (Wildman–Crippen LogP) is 4.13. The van der Waals surface area contributed by atoms with Gasteiger partial charge in [0, 0.05) is 23.2 Å². The highest BCUT2D eigenvalue weighted by atomic mass is 127. The molecule has 2 aromatic carbocycles. The Labute approximate surface area is 172 Å². The van der Waals surface area contributed by atoms with Crippen molar-refractivity contribution in [3.05, 3.63) is 53.1 Å². The molecule has 1 heterocycles. The summed E-state index contributed by atoms with van der Waals surface area (Å²) in [6, 6.07) is 12.2. The van der Waals surface area contributed by atoms with Gasteiger partial charge >= 0.3 is 0 Å². The maximum absolute atomic E-state index is 6.02. The maximum Gasteiger partial charge on any atom is 0.193 e. The molecular formula is C20H26IN3O2. The summed E-state index contributed by atoms with van der Waals surface area (Å²) in [4.78, 5) is 4.43. The summed E-state index contributed by atoms with van der Waals surface area (Å²) in [5.74, 6) is 2.11. The third-order valence-corrected chi connectivity index (χ3v) is 4.35. The van der Waals surface area contributed by atoms with E-state index in [0.717, 1.165) is 35.6 Å². The number of nitrogens with two attached hydrogens (primary N) is 1. The van der Waals surface area contributed by atoms with Crippen LogP contribution in [0, 0.1) is 0 Å². The van der Waals surface area contributed by atoms with Gasteiger partial charge in [0.05, 0.1) is 13.7 Å². The molecule has 0 aliphatic carbocycles. The van der Waals surface area contributed by atoms with E-state index in [-0.39, 0.29) is 30.1 Å². The Balaban J connectivity index is 0.00000243. The molecule has 0 radical (unpaired) electrons. The van der Waals surface area contributed by atoms with Crippen molar-refractivity contribution < 1.29 is 9.47 Å². The van der Waals surface area contributed by atoms with Crippen molar-refractivity contribution in [2.45, 2.75) is 39.3 Å². The Hall–Kier alpha value is -1.96. The smallest absolute Gasteiger partial charge is 0.193 e. The van der Waals surface area contributed by atoms with Crippen LogP contribution in [0.3, 0.4) is 0 Å². The van der Waals surface area contributed by atoms with Gasteiger partial charge in [0.25, 0.3) is 0 Å². The fourth-order valence-corrected chi connectivity index (χ4v) is 2.98. The van der Waals surface area contributed by atoms with Gasteiger partial charge in [-0.05, 0) is 43.2 Å². The molecule has 0 saturated heterocycles. The highest BCUT2D eigenvalue weighted by Gasteiger charge is 2.21. The van der Waals surface area contributed by atoms with Crippen LogP contribution in [0.25, 0.3) is 0 Å². The van der Waals surface area contributed by atoms with Crippen molar-refractivity contribution in [3.63, 3.8) is 0 Å². The van der Waals surface area contributed by atoms with Gasteiger partial charge in [-0.3, -0.25) is 0 Å². The largest absolute Gasteiger partial charge is 0.496 e. The quantitative estimate of drug-likeness (QED) is 0.394. The summed E-state index contributed by atoms with van der Waals surface area (Å²) in [5, 5.41) is 3.12. The average molecular weight is 467 g/mol. The summed E-state index contributed by atoms with van der Waals surface area (Å²) in [6.45, 7) is 4.63. The Bertz CT molecular complexity index is 775. The summed E-state index contributed by atoms with van der Waals surface area (Å²) >= 11 is 0. The van der Waals surface area contributed by atoms with E-state index in [1.165, 1.54) is 11.1 Å². The molecule has 140 valence electrons. The van der Waals surface area contributed by atoms with Crippen molar-refractivity contribution >= 4 is 35.6 Å². The Morgan fingerprint density at radius 3 is 2.69 bits per heavy atom. The van der Waals surface area contributed by atoms with Gasteiger partial charge in [-0.15, -0.1) is 24.0 Å². The van der Waals surface area contributed by atoms with Crippen LogP contribution in [0.5, 0.6) is 11.5 Å². The molecule has 5 nitrogen and oxygen atoms in total. The third-order valence-electron chi connectivity index (χ3n) is 4.35. The molecular weight excluding hydrogens is 441 g/mol. The molecule has 0 saturated carbocycles. The molecule has 0 fully saturated rings. The zero-order valence-electron chi connectivity index (χ0n) is 15.4. The predicted molar refractivity (Wildman–Crippen MR) is 117 cm³/mol. The van der Waals surface area contributed by atoms with Crippen LogP contribution in [0.4, 0.5) is 5.69 Å². The lowest BCUT2D eigenvalue weighted by Crippen LogP contribution is -2.22. The first-order chi connectivity index (χ1) is 12.1. The molecule has 1 aliphatic heterocycles. The third kappa shape index (κ3) is 4.81. The first kappa shape index (κ1) is 20.4. The number of nitrogens with one attached hydrogen (secondary N) is 1. The number of benzene rings is 2. The van der Waals surface area contributed by atoms with Crippen LogP contribution < -0.4 is 20.5 Å². The number of aryl methyl sites for hydroxylation is 1. The van der Waals surface area contributed by atoms with Crippen molar-refractivity contribution in [2.24, 2.45) is 10.7 Å². The highest BCUT2D eigenvalue weighted by Crippen LogP contribution is 2.35. The van der Waals surface area contributed by atoms with Gasteiger partial charge in [0.2, 0.25) is 0 Å². The Kier molecular flexibility index (Phi) is 7.14. The number of hydrogen-bond acceptors (Lipinski definition) is 3. The second kappa shape index (κ2) is 9.12. The second-order valence-corrected chi connectivity index (χ2v) is 6.28. The average Bonchev–Trinajstić information content (AvgIpc) is 2.98. The standard InChI is InChI=1S/C20H25N3O2.HI/c1-4-14-5-7-17(8-6-14)23-20(21)22-12-16-11-19-15(9-13(2)25-19)10-18(16)24-3;/h5-8,10-11,13H,4,9,12H2,1-3H3,(H3,21,22,23);1H. The number of anilines is 1. The van der Waals surface area contributed by atoms with Gasteiger partial charge in [-0.1, -0.05) is 19.1 Å². The number of aliphatic imine (C=N–C) groups is 1. The number of hydrogen-bond donors (Lipinski definition) is 2. The van der Waals surface area contributed by atoms with E-state index in [4.69, 9.17) is 15.2 Å². The first-order valence-electron chi connectivity index (χ1n) is 8.61. The highest BCUT2D eigenvalue weighted by molar-refractivity contribution is 14.0. The number of methoxy groups -OCH3 is 1. The molecule has 0 spiro atoms. The molecule has 1 atom stereocenters. The van der Waals surface area contributed by atoms with Gasteiger partial charge in [-0.25, -0.2) is 4.99 Å².